The second-order valence-corrected chi connectivity index (χ2v) is 30.3. The molecule has 0 atom stereocenters. The van der Waals surface area contributed by atoms with Gasteiger partial charge in [0.15, 0.2) is 69.7 Å². The molecule has 7 aromatic rings. The first kappa shape index (κ1) is 83.3. The number of carbonyl (C=O) groups excluding carboxylic acids is 2. The maximum atomic E-state index is 14.6. The number of ether oxygens (including phenoxy) is 2. The highest BCUT2D eigenvalue weighted by Gasteiger charge is 2.34. The molecule has 0 N–H and O–H groups in total. The predicted molar refractivity (Wildman–Crippen MR) is 404 cm³/mol. The van der Waals surface area contributed by atoms with Gasteiger partial charge in [-0.1, -0.05) is 179 Å². The monoisotopic (exact) mass is 1480 g/mol. The molecule has 0 amide bonds. The third-order valence-electron chi connectivity index (χ3n) is 23.0. The lowest BCUT2D eigenvalue weighted by molar-refractivity contribution is -0.140. The number of esters is 2. The first-order chi connectivity index (χ1) is 50.2. The summed E-state index contributed by atoms with van der Waals surface area (Å²) in [6.07, 6.45) is 23.5. The summed E-state index contributed by atoms with van der Waals surface area (Å²) in [4.78, 5) is 23.8. The fourth-order valence-corrected chi connectivity index (χ4v) is 15.7. The van der Waals surface area contributed by atoms with Crippen molar-refractivity contribution in [3.63, 3.8) is 0 Å². The summed E-state index contributed by atoms with van der Waals surface area (Å²) >= 11 is 0. The van der Waals surface area contributed by atoms with E-state index in [1.807, 2.05) is 26.8 Å². The van der Waals surface area contributed by atoms with E-state index in [2.05, 4.69) is 27.7 Å². The minimum Gasteiger partial charge on any atom is -0.423 e. The molecule has 105 heavy (non-hydrogen) atoms. The number of aryl methyl sites for hydroxylation is 6. The van der Waals surface area contributed by atoms with Crippen molar-refractivity contribution >= 4 is 11.9 Å². The molecule has 7 aromatic carbocycles. The summed E-state index contributed by atoms with van der Waals surface area (Å²) in [7, 11) is 0. The summed E-state index contributed by atoms with van der Waals surface area (Å²) in [6.45, 7) is 19.7. The zero-order valence-corrected chi connectivity index (χ0v) is 62.9. The van der Waals surface area contributed by atoms with Crippen molar-refractivity contribution in [2.45, 2.75) is 248 Å². The molecule has 0 aromatic heterocycles. The van der Waals surface area contributed by atoms with Gasteiger partial charge in [0.1, 0.15) is 0 Å². The zero-order chi connectivity index (χ0) is 76.3. The molecular formula is C89H116F12O4. The average Bonchev–Trinajstić information content (AvgIpc) is 0.777. The lowest BCUT2D eigenvalue weighted by Crippen LogP contribution is -2.25. The van der Waals surface area contributed by atoms with Gasteiger partial charge in [0.25, 0.3) is 0 Å². The highest BCUT2D eigenvalue weighted by Crippen LogP contribution is 2.46. The fourth-order valence-electron chi connectivity index (χ4n) is 15.7. The van der Waals surface area contributed by atoms with Gasteiger partial charge in [0.2, 0.25) is 11.6 Å². The van der Waals surface area contributed by atoms with E-state index >= 15 is 0 Å². The van der Waals surface area contributed by atoms with Crippen molar-refractivity contribution in [3.8, 4) is 22.6 Å². The molecule has 5 aliphatic carbocycles. The van der Waals surface area contributed by atoms with Crippen LogP contribution in [0.2, 0.25) is 0 Å². The van der Waals surface area contributed by atoms with Crippen molar-refractivity contribution in [1.29, 1.82) is 0 Å². The van der Waals surface area contributed by atoms with Crippen molar-refractivity contribution in [2.24, 2.45) is 41.4 Å². The smallest absolute Gasteiger partial charge is 0.343 e. The van der Waals surface area contributed by atoms with E-state index < -0.39 is 87.5 Å². The molecule has 5 saturated carbocycles. The molecule has 0 heterocycles. The molecule has 0 saturated heterocycles. The lowest BCUT2D eigenvalue weighted by atomic mass is 9.68. The van der Waals surface area contributed by atoms with Gasteiger partial charge in [-0.05, 0) is 251 Å². The number of hydrogen-bond acceptors (Lipinski definition) is 4. The normalized spacial score (nSPS) is 22.3. The molecule has 5 fully saturated rings. The van der Waals surface area contributed by atoms with Crippen molar-refractivity contribution < 1.29 is 78.9 Å². The SMILES string of the molecule is CCc1ccc(-c2ccc(C3CCC(C)CC3)c(F)c2F)c(F)c1F.CCc1ccc(C2CCC(C)CC2)c(F)c1F.CCc1ccc(C2CCC(C3CCC(C)CC3)CC2)c(F)c1F.CCc1ccc(OC(=O)C2CCC(C)CC2)c(F)c1F.CCc1ccc(OC(=O)c2ccc(C)cc2)c(F)c1F.[HH].[HH].[HH].[HH].[HH]. The maximum absolute atomic E-state index is 14.6. The molecule has 5 aliphatic rings. The lowest BCUT2D eigenvalue weighted by Gasteiger charge is -2.37. The van der Waals surface area contributed by atoms with Crippen LogP contribution < -0.4 is 9.47 Å². The third-order valence-corrected chi connectivity index (χ3v) is 23.0. The van der Waals surface area contributed by atoms with Crippen LogP contribution in [0.15, 0.2) is 97.1 Å². The van der Waals surface area contributed by atoms with E-state index in [-0.39, 0.29) is 69.9 Å². The Labute approximate surface area is 622 Å². The number of rotatable bonds is 14. The summed E-state index contributed by atoms with van der Waals surface area (Å²) < 4.78 is 178. The molecule has 4 nitrogen and oxygen atoms in total. The Bertz CT molecular complexity index is 4030. The summed E-state index contributed by atoms with van der Waals surface area (Å²) in [5.74, 6) is -7.76. The van der Waals surface area contributed by atoms with Gasteiger partial charge >= 0.3 is 11.9 Å². The molecule has 0 radical (unpaired) electrons. The standard InChI is InChI=1S/C21H22F4.C21H30F2.C16H20F2O2.C16H14F2O2.C15H20F2.5H2/c1-3-13-8-9-16(20(24)18(13)22)17-11-10-15(19(23)21(17)25)14-6-4-12(2)5-7-14;1-3-15-12-13-19(21(23)20(15)22)18-10-8-17(9-11-18)16-6-4-14(2)5-7-16;2*1-3-11-8-9-13(15(18)14(11)17)20-16(19)12-6-4-10(2)5-7-12;1-3-11-8-9-13(15(17)14(11)16)12-6-4-10(2)5-7-12;;;;;/h8-12,14H,3-7H2,1-2H3;12-14,16-18H,3-11H2,1-2H3;8-10,12H,3-7H2,1-2H3;4-9H,3H2,1-2H3;8-10,12H,3-7H2,1-2H3;5*1H. The molecule has 0 spiro atoms. The number of hydrogen-bond donors (Lipinski definition) is 0. The molecule has 580 valence electrons. The Kier molecular flexibility index (Phi) is 31.3. The molecule has 0 aliphatic heterocycles. The number of carbonyl (C=O) groups is 2. The fraction of sp³-hybridized carbons (Fsp3) is 0.506. The van der Waals surface area contributed by atoms with E-state index in [0.29, 0.717) is 71.8 Å². The van der Waals surface area contributed by atoms with Crippen LogP contribution in [0.25, 0.3) is 11.1 Å². The number of halogens is 12. The molecule has 0 unspecified atom stereocenters. The Morgan fingerprint density at radius 1 is 0.314 bits per heavy atom. The van der Waals surface area contributed by atoms with Gasteiger partial charge < -0.3 is 9.47 Å². The van der Waals surface area contributed by atoms with Gasteiger partial charge in [-0.25, -0.2) is 48.7 Å². The van der Waals surface area contributed by atoms with E-state index in [1.165, 1.54) is 87.1 Å². The van der Waals surface area contributed by atoms with Crippen LogP contribution in [0, 0.1) is 118 Å². The molecule has 12 rings (SSSR count). The Hall–Kier alpha value is -7.36. The van der Waals surface area contributed by atoms with Crippen LogP contribution in [0.5, 0.6) is 11.5 Å². The number of benzene rings is 7. The topological polar surface area (TPSA) is 52.6 Å². The summed E-state index contributed by atoms with van der Waals surface area (Å²) in [5, 5.41) is 0. The van der Waals surface area contributed by atoms with Gasteiger partial charge in [-0.15, -0.1) is 0 Å². The minimum absolute atomic E-state index is 0. The molecule has 16 heteroatoms. The average molecular weight is 1480 g/mol. The Morgan fingerprint density at radius 3 is 0.981 bits per heavy atom. The van der Waals surface area contributed by atoms with E-state index in [9.17, 15) is 62.3 Å². The van der Waals surface area contributed by atoms with Crippen LogP contribution in [0.3, 0.4) is 0 Å². The van der Waals surface area contributed by atoms with Gasteiger partial charge in [0.05, 0.1) is 11.5 Å². The van der Waals surface area contributed by atoms with Crippen LogP contribution in [0.4, 0.5) is 52.7 Å². The maximum Gasteiger partial charge on any atom is 0.343 e. The summed E-state index contributed by atoms with van der Waals surface area (Å²) in [5.41, 5.74) is 4.09. The molecule has 0 bridgehead atoms. The zero-order valence-electron chi connectivity index (χ0n) is 62.9. The second kappa shape index (κ2) is 39.5. The van der Waals surface area contributed by atoms with Crippen molar-refractivity contribution in [1.82, 2.24) is 0 Å². The Balaban J connectivity index is 0.000000354. The van der Waals surface area contributed by atoms with Gasteiger partial charge in [0, 0.05) is 18.3 Å². The van der Waals surface area contributed by atoms with Crippen LogP contribution in [-0.2, 0) is 36.9 Å². The van der Waals surface area contributed by atoms with Crippen molar-refractivity contribution in [2.75, 3.05) is 0 Å². The second-order valence-electron chi connectivity index (χ2n) is 30.3. The molecular weight excluding hydrogens is 1360 g/mol. The van der Waals surface area contributed by atoms with E-state index in [4.69, 9.17) is 9.47 Å². The van der Waals surface area contributed by atoms with Crippen molar-refractivity contribution in [3.05, 3.63) is 223 Å². The van der Waals surface area contributed by atoms with E-state index in [1.54, 1.807) is 63.2 Å². The van der Waals surface area contributed by atoms with Crippen LogP contribution in [-0.4, -0.2) is 11.9 Å². The third kappa shape index (κ3) is 21.5. The Morgan fingerprint density at radius 2 is 0.590 bits per heavy atom. The van der Waals surface area contributed by atoms with Crippen LogP contribution >= 0.6 is 0 Å². The quantitative estimate of drug-likeness (QED) is 0.0619. The van der Waals surface area contributed by atoms with Gasteiger partial charge in [-0.2, -0.15) is 8.78 Å². The largest absolute Gasteiger partial charge is 0.423 e. The predicted octanol–water partition coefficient (Wildman–Crippen LogP) is 27.8. The first-order valence-corrected chi connectivity index (χ1v) is 38.5. The van der Waals surface area contributed by atoms with Gasteiger partial charge in [-0.3, -0.25) is 4.79 Å². The highest BCUT2D eigenvalue weighted by atomic mass is 19.2. The summed E-state index contributed by atoms with van der Waals surface area (Å²) in [6, 6.07) is 24.9. The van der Waals surface area contributed by atoms with E-state index in [0.717, 1.165) is 119 Å². The minimum atomic E-state index is -1.13. The first-order valence-electron chi connectivity index (χ1n) is 38.5. The van der Waals surface area contributed by atoms with Crippen LogP contribution in [0.1, 0.15) is 276 Å². The highest BCUT2D eigenvalue weighted by molar-refractivity contribution is 5.91.